The van der Waals surface area contributed by atoms with Gasteiger partial charge in [-0.3, -0.25) is 0 Å². The fraction of sp³-hybridized carbons (Fsp3) is 0.385. The third-order valence-electron chi connectivity index (χ3n) is 2.83. The number of methoxy groups -OCH3 is 1. The number of hydrogen-bond acceptors (Lipinski definition) is 2. The van der Waals surface area contributed by atoms with Crippen LogP contribution in [0.15, 0.2) is 24.3 Å². The number of aryl methyl sites for hydroxylation is 1. The molecule has 0 saturated heterocycles. The van der Waals surface area contributed by atoms with E-state index in [2.05, 4.69) is 37.2 Å². The number of ether oxygens (including phenoxy) is 1. The lowest BCUT2D eigenvalue weighted by Gasteiger charge is -2.24. The summed E-state index contributed by atoms with van der Waals surface area (Å²) in [7, 11) is 5.88. The molecule has 0 N–H and O–H groups in total. The highest BCUT2D eigenvalue weighted by Crippen LogP contribution is 2.30. The van der Waals surface area contributed by atoms with E-state index in [9.17, 15) is 0 Å². The Bertz CT molecular complexity index is 394. The molecule has 0 amide bonds. The summed E-state index contributed by atoms with van der Waals surface area (Å²) in [5.41, 5.74) is 4.03. The van der Waals surface area contributed by atoms with Gasteiger partial charge in [-0.2, -0.15) is 0 Å². The first-order valence-electron chi connectivity index (χ1n) is 5.27. The Morgan fingerprint density at radius 2 is 2.07 bits per heavy atom. The van der Waals surface area contributed by atoms with Crippen molar-refractivity contribution >= 4 is 5.70 Å². The van der Waals surface area contributed by atoms with Gasteiger partial charge in [0.2, 0.25) is 0 Å². The quantitative estimate of drug-likeness (QED) is 0.732. The van der Waals surface area contributed by atoms with E-state index in [1.807, 2.05) is 6.07 Å². The molecule has 0 fully saturated rings. The van der Waals surface area contributed by atoms with Gasteiger partial charge in [0.1, 0.15) is 5.75 Å². The van der Waals surface area contributed by atoms with Crippen molar-refractivity contribution in [3.63, 3.8) is 0 Å². The second-order valence-electron chi connectivity index (χ2n) is 4.05. The first-order valence-corrected chi connectivity index (χ1v) is 5.27. The first kappa shape index (κ1) is 10.1. The summed E-state index contributed by atoms with van der Waals surface area (Å²) >= 11 is 0. The van der Waals surface area contributed by atoms with Crippen LogP contribution < -0.4 is 4.74 Å². The van der Waals surface area contributed by atoms with Crippen LogP contribution in [0.3, 0.4) is 0 Å². The van der Waals surface area contributed by atoms with Crippen molar-refractivity contribution < 1.29 is 4.74 Å². The Morgan fingerprint density at radius 3 is 2.73 bits per heavy atom. The summed E-state index contributed by atoms with van der Waals surface area (Å²) in [6, 6.07) is 6.34. The van der Waals surface area contributed by atoms with Gasteiger partial charge in [-0.05, 0) is 30.5 Å². The molecule has 1 aromatic carbocycles. The first-order chi connectivity index (χ1) is 7.22. The molecule has 0 saturated carbocycles. The summed E-state index contributed by atoms with van der Waals surface area (Å²) in [6.07, 6.45) is 4.56. The number of rotatable bonds is 2. The molecule has 0 spiro atoms. The number of benzene rings is 1. The van der Waals surface area contributed by atoms with Crippen LogP contribution in [0.5, 0.6) is 5.75 Å². The molecule has 15 heavy (non-hydrogen) atoms. The summed E-state index contributed by atoms with van der Waals surface area (Å²) in [4.78, 5) is 2.16. The van der Waals surface area contributed by atoms with Crippen LogP contribution in [0.2, 0.25) is 0 Å². The third-order valence-corrected chi connectivity index (χ3v) is 2.83. The highest BCUT2D eigenvalue weighted by atomic mass is 16.5. The molecule has 2 rings (SSSR count). The standard InChI is InChI=1S/C13H17NO/c1-14(2)13-6-4-5-10-7-8-11(15-3)9-12(10)13/h6-9H,4-5H2,1-3H3. The Labute approximate surface area is 91.2 Å². The summed E-state index contributed by atoms with van der Waals surface area (Å²) in [5.74, 6) is 0.934. The van der Waals surface area contributed by atoms with E-state index in [0.717, 1.165) is 18.6 Å². The van der Waals surface area contributed by atoms with Crippen LogP contribution in [0.1, 0.15) is 17.5 Å². The van der Waals surface area contributed by atoms with Gasteiger partial charge in [0.15, 0.2) is 0 Å². The lowest BCUT2D eigenvalue weighted by molar-refractivity contribution is 0.414. The van der Waals surface area contributed by atoms with E-state index >= 15 is 0 Å². The highest BCUT2D eigenvalue weighted by Gasteiger charge is 2.14. The van der Waals surface area contributed by atoms with Crippen LogP contribution in [0.25, 0.3) is 5.70 Å². The van der Waals surface area contributed by atoms with Gasteiger partial charge in [-0.25, -0.2) is 0 Å². The number of hydrogen-bond donors (Lipinski definition) is 0. The van der Waals surface area contributed by atoms with Gasteiger partial charge in [-0.1, -0.05) is 12.1 Å². The van der Waals surface area contributed by atoms with E-state index in [1.165, 1.54) is 16.8 Å². The maximum Gasteiger partial charge on any atom is 0.119 e. The molecule has 0 aliphatic heterocycles. The van der Waals surface area contributed by atoms with E-state index in [4.69, 9.17) is 4.74 Å². The minimum absolute atomic E-state index is 0.934. The minimum atomic E-state index is 0.934. The largest absolute Gasteiger partial charge is 0.497 e. The molecular weight excluding hydrogens is 186 g/mol. The van der Waals surface area contributed by atoms with Crippen molar-refractivity contribution in [2.45, 2.75) is 12.8 Å². The van der Waals surface area contributed by atoms with Crippen LogP contribution >= 0.6 is 0 Å². The van der Waals surface area contributed by atoms with E-state index < -0.39 is 0 Å². The average Bonchev–Trinajstić information content (AvgIpc) is 2.27. The molecule has 0 unspecified atom stereocenters. The van der Waals surface area contributed by atoms with Crippen molar-refractivity contribution in [3.8, 4) is 5.75 Å². The summed E-state index contributed by atoms with van der Waals surface area (Å²) < 4.78 is 5.26. The van der Waals surface area contributed by atoms with E-state index in [1.54, 1.807) is 7.11 Å². The Balaban J connectivity index is 2.47. The molecule has 0 aromatic heterocycles. The summed E-state index contributed by atoms with van der Waals surface area (Å²) in [6.45, 7) is 0. The van der Waals surface area contributed by atoms with Crippen LogP contribution in [-0.4, -0.2) is 26.1 Å². The van der Waals surface area contributed by atoms with Crippen molar-refractivity contribution in [2.24, 2.45) is 0 Å². The van der Waals surface area contributed by atoms with Crippen molar-refractivity contribution in [3.05, 3.63) is 35.4 Å². The predicted octanol–water partition coefficient (Wildman–Crippen LogP) is 2.54. The molecule has 80 valence electrons. The minimum Gasteiger partial charge on any atom is -0.497 e. The fourth-order valence-electron chi connectivity index (χ4n) is 2.04. The molecule has 0 radical (unpaired) electrons. The van der Waals surface area contributed by atoms with Gasteiger partial charge in [-0.15, -0.1) is 0 Å². The van der Waals surface area contributed by atoms with Crippen molar-refractivity contribution in [2.75, 3.05) is 21.2 Å². The molecular formula is C13H17NO. The maximum atomic E-state index is 5.26. The lowest BCUT2D eigenvalue weighted by Crippen LogP contribution is -2.14. The molecule has 0 bridgehead atoms. The van der Waals surface area contributed by atoms with Gasteiger partial charge in [0.05, 0.1) is 7.11 Å². The van der Waals surface area contributed by atoms with Gasteiger partial charge >= 0.3 is 0 Å². The predicted molar refractivity (Wildman–Crippen MR) is 63.0 cm³/mol. The monoisotopic (exact) mass is 203 g/mol. The molecule has 1 aliphatic rings. The molecule has 0 atom stereocenters. The lowest BCUT2D eigenvalue weighted by atomic mass is 9.94. The van der Waals surface area contributed by atoms with Gasteiger partial charge in [0, 0.05) is 25.4 Å². The van der Waals surface area contributed by atoms with Crippen LogP contribution in [0, 0.1) is 0 Å². The fourth-order valence-corrected chi connectivity index (χ4v) is 2.04. The van der Waals surface area contributed by atoms with Crippen molar-refractivity contribution in [1.82, 2.24) is 4.90 Å². The molecule has 2 heteroatoms. The highest BCUT2D eigenvalue weighted by molar-refractivity contribution is 5.69. The third kappa shape index (κ3) is 1.84. The molecule has 1 aliphatic carbocycles. The number of allylic oxidation sites excluding steroid dienone is 1. The van der Waals surface area contributed by atoms with E-state index in [-0.39, 0.29) is 0 Å². The normalized spacial score (nSPS) is 14.2. The maximum absolute atomic E-state index is 5.26. The second-order valence-corrected chi connectivity index (χ2v) is 4.05. The van der Waals surface area contributed by atoms with E-state index in [0.29, 0.717) is 0 Å². The molecule has 0 heterocycles. The van der Waals surface area contributed by atoms with Crippen LogP contribution in [0.4, 0.5) is 0 Å². The number of fused-ring (bicyclic) bond motifs is 1. The zero-order valence-corrected chi connectivity index (χ0v) is 9.58. The molecule has 2 nitrogen and oxygen atoms in total. The second kappa shape index (κ2) is 3.97. The Morgan fingerprint density at radius 1 is 1.27 bits per heavy atom. The SMILES string of the molecule is COc1ccc2c(c1)C(N(C)C)=CCC2. The topological polar surface area (TPSA) is 12.5 Å². The van der Waals surface area contributed by atoms with Gasteiger partial charge < -0.3 is 9.64 Å². The Kier molecular flexibility index (Phi) is 2.67. The zero-order valence-electron chi connectivity index (χ0n) is 9.58. The molecule has 1 aromatic rings. The zero-order chi connectivity index (χ0) is 10.8. The van der Waals surface area contributed by atoms with Crippen molar-refractivity contribution in [1.29, 1.82) is 0 Å². The Hall–Kier alpha value is -1.44. The van der Waals surface area contributed by atoms with Gasteiger partial charge in [0.25, 0.3) is 0 Å². The smallest absolute Gasteiger partial charge is 0.119 e. The summed E-state index contributed by atoms with van der Waals surface area (Å²) in [5, 5.41) is 0. The number of nitrogens with zero attached hydrogens (tertiary/aromatic N) is 1. The van der Waals surface area contributed by atoms with Crippen LogP contribution in [-0.2, 0) is 6.42 Å². The average molecular weight is 203 g/mol.